The van der Waals surface area contributed by atoms with Crippen molar-refractivity contribution in [1.82, 2.24) is 4.90 Å². The van der Waals surface area contributed by atoms with Crippen LogP contribution in [0, 0.1) is 6.92 Å². The molecule has 1 aromatic rings. The molecule has 0 bridgehead atoms. The molecule has 1 amide bonds. The number of rotatable bonds is 2. The lowest BCUT2D eigenvalue weighted by atomic mass is 10.1. The first-order chi connectivity index (χ1) is 7.50. The number of hydrogen-bond donors (Lipinski definition) is 0. The van der Waals surface area contributed by atoms with Crippen LogP contribution in [0.25, 0.3) is 0 Å². The van der Waals surface area contributed by atoms with Crippen molar-refractivity contribution in [3.05, 3.63) is 35.4 Å². The number of amides is 1. The Kier molecular flexibility index (Phi) is 4.55. The SMILES string of the molecule is C/C(=N\SC(=O)N(C)C)c1ccc(C)cc1. The highest BCUT2D eigenvalue weighted by molar-refractivity contribution is 8.12. The summed E-state index contributed by atoms with van der Waals surface area (Å²) in [5.74, 6) is 0. The van der Waals surface area contributed by atoms with E-state index in [-0.39, 0.29) is 5.24 Å². The maximum absolute atomic E-state index is 11.3. The van der Waals surface area contributed by atoms with E-state index in [1.54, 1.807) is 14.1 Å². The fourth-order valence-corrected chi connectivity index (χ4v) is 1.52. The third-order valence-electron chi connectivity index (χ3n) is 2.10. The van der Waals surface area contributed by atoms with Gasteiger partial charge in [0.2, 0.25) is 0 Å². The molecule has 0 saturated heterocycles. The first kappa shape index (κ1) is 12.8. The van der Waals surface area contributed by atoms with E-state index in [4.69, 9.17) is 0 Å². The lowest BCUT2D eigenvalue weighted by Crippen LogP contribution is -2.15. The monoisotopic (exact) mass is 236 g/mol. The highest BCUT2D eigenvalue weighted by Crippen LogP contribution is 2.12. The van der Waals surface area contributed by atoms with Gasteiger partial charge in [0.1, 0.15) is 0 Å². The van der Waals surface area contributed by atoms with E-state index in [1.165, 1.54) is 10.5 Å². The zero-order valence-electron chi connectivity index (χ0n) is 10.0. The van der Waals surface area contributed by atoms with E-state index < -0.39 is 0 Å². The second kappa shape index (κ2) is 5.70. The van der Waals surface area contributed by atoms with Crippen LogP contribution < -0.4 is 0 Å². The van der Waals surface area contributed by atoms with Gasteiger partial charge in [0.25, 0.3) is 0 Å². The van der Waals surface area contributed by atoms with Crippen molar-refractivity contribution in [2.45, 2.75) is 13.8 Å². The molecule has 0 aromatic heterocycles. The molecule has 0 atom stereocenters. The van der Waals surface area contributed by atoms with Gasteiger partial charge in [-0.05, 0) is 19.4 Å². The van der Waals surface area contributed by atoms with Gasteiger partial charge in [0.15, 0.2) is 0 Å². The van der Waals surface area contributed by atoms with E-state index in [0.29, 0.717) is 0 Å². The maximum Gasteiger partial charge on any atom is 0.303 e. The summed E-state index contributed by atoms with van der Waals surface area (Å²) >= 11 is 0.967. The standard InChI is InChI=1S/C12H16N2OS/c1-9-5-7-11(8-6-9)10(2)13-16-12(15)14(3)4/h5-8H,1-4H3/b13-10+. The minimum atomic E-state index is -0.0635. The van der Waals surface area contributed by atoms with Crippen LogP contribution in [0.4, 0.5) is 4.79 Å². The molecular formula is C12H16N2OS. The molecule has 0 radical (unpaired) electrons. The highest BCUT2D eigenvalue weighted by Gasteiger charge is 2.04. The summed E-state index contributed by atoms with van der Waals surface area (Å²) in [6, 6.07) is 8.09. The number of hydrogen-bond acceptors (Lipinski definition) is 3. The summed E-state index contributed by atoms with van der Waals surface area (Å²) < 4.78 is 4.19. The zero-order chi connectivity index (χ0) is 12.1. The summed E-state index contributed by atoms with van der Waals surface area (Å²) in [5, 5.41) is -0.0635. The molecule has 0 aliphatic heterocycles. The van der Waals surface area contributed by atoms with Crippen LogP contribution in [0.2, 0.25) is 0 Å². The molecule has 0 saturated carbocycles. The van der Waals surface area contributed by atoms with Gasteiger partial charge in [-0.3, -0.25) is 4.79 Å². The molecule has 0 fully saturated rings. The number of carbonyl (C=O) groups excluding carboxylic acids is 1. The quantitative estimate of drug-likeness (QED) is 0.583. The first-order valence-corrected chi connectivity index (χ1v) is 5.78. The molecular weight excluding hydrogens is 220 g/mol. The van der Waals surface area contributed by atoms with Crippen molar-refractivity contribution in [3.8, 4) is 0 Å². The Morgan fingerprint density at radius 1 is 1.25 bits per heavy atom. The average Bonchev–Trinajstić information content (AvgIpc) is 2.26. The van der Waals surface area contributed by atoms with E-state index >= 15 is 0 Å². The normalized spacial score (nSPS) is 11.4. The van der Waals surface area contributed by atoms with Gasteiger partial charge in [0.05, 0.1) is 17.7 Å². The van der Waals surface area contributed by atoms with Crippen molar-refractivity contribution in [3.63, 3.8) is 0 Å². The van der Waals surface area contributed by atoms with Crippen molar-refractivity contribution in [2.75, 3.05) is 14.1 Å². The molecule has 86 valence electrons. The lowest BCUT2D eigenvalue weighted by molar-refractivity contribution is 0.241. The Bertz CT molecular complexity index is 396. The average molecular weight is 236 g/mol. The molecule has 0 aliphatic rings. The third kappa shape index (κ3) is 3.70. The molecule has 16 heavy (non-hydrogen) atoms. The molecule has 0 aliphatic carbocycles. The van der Waals surface area contributed by atoms with Crippen LogP contribution in [-0.2, 0) is 0 Å². The van der Waals surface area contributed by atoms with Crippen LogP contribution in [-0.4, -0.2) is 29.9 Å². The Morgan fingerprint density at radius 2 is 1.81 bits per heavy atom. The Balaban J connectivity index is 2.70. The van der Waals surface area contributed by atoms with Gasteiger partial charge in [-0.25, -0.2) is 4.40 Å². The number of aryl methyl sites for hydroxylation is 1. The fourth-order valence-electron chi connectivity index (χ4n) is 1.04. The van der Waals surface area contributed by atoms with Crippen LogP contribution >= 0.6 is 11.9 Å². The lowest BCUT2D eigenvalue weighted by Gasteiger charge is -2.06. The van der Waals surface area contributed by atoms with Crippen LogP contribution in [0.1, 0.15) is 18.1 Å². The molecule has 4 heteroatoms. The summed E-state index contributed by atoms with van der Waals surface area (Å²) in [6.45, 7) is 3.95. The number of carbonyl (C=O) groups is 1. The Hall–Kier alpha value is -1.29. The summed E-state index contributed by atoms with van der Waals surface area (Å²) in [7, 11) is 3.43. The van der Waals surface area contributed by atoms with E-state index in [2.05, 4.69) is 4.40 Å². The summed E-state index contributed by atoms with van der Waals surface area (Å²) in [5.41, 5.74) is 3.12. The van der Waals surface area contributed by atoms with Gasteiger partial charge in [-0.2, -0.15) is 0 Å². The minimum Gasteiger partial charge on any atom is -0.338 e. The van der Waals surface area contributed by atoms with Gasteiger partial charge < -0.3 is 4.90 Å². The van der Waals surface area contributed by atoms with Crippen LogP contribution in [0.3, 0.4) is 0 Å². The second-order valence-electron chi connectivity index (χ2n) is 3.79. The van der Waals surface area contributed by atoms with Crippen molar-refractivity contribution >= 4 is 22.9 Å². The van der Waals surface area contributed by atoms with Gasteiger partial charge >= 0.3 is 5.24 Å². The van der Waals surface area contributed by atoms with Crippen molar-refractivity contribution in [1.29, 1.82) is 0 Å². The molecule has 3 nitrogen and oxygen atoms in total. The molecule has 0 heterocycles. The molecule has 0 unspecified atom stereocenters. The number of benzene rings is 1. The predicted octanol–water partition coefficient (Wildman–Crippen LogP) is 3.13. The van der Waals surface area contributed by atoms with Crippen LogP contribution in [0.15, 0.2) is 28.7 Å². The maximum atomic E-state index is 11.3. The molecule has 1 rings (SSSR count). The fraction of sp³-hybridized carbons (Fsp3) is 0.333. The van der Waals surface area contributed by atoms with Crippen molar-refractivity contribution < 1.29 is 4.79 Å². The van der Waals surface area contributed by atoms with Gasteiger partial charge in [0, 0.05) is 14.1 Å². The first-order valence-electron chi connectivity index (χ1n) is 5.00. The molecule has 0 N–H and O–H groups in total. The summed E-state index contributed by atoms with van der Waals surface area (Å²) in [6.07, 6.45) is 0. The van der Waals surface area contributed by atoms with Crippen LogP contribution in [0.5, 0.6) is 0 Å². The highest BCUT2D eigenvalue weighted by atomic mass is 32.2. The van der Waals surface area contributed by atoms with Crippen molar-refractivity contribution in [2.24, 2.45) is 4.40 Å². The van der Waals surface area contributed by atoms with Gasteiger partial charge in [-0.1, -0.05) is 29.8 Å². The van der Waals surface area contributed by atoms with E-state index in [0.717, 1.165) is 23.2 Å². The predicted molar refractivity (Wildman–Crippen MR) is 70.1 cm³/mol. The smallest absolute Gasteiger partial charge is 0.303 e. The summed E-state index contributed by atoms with van der Waals surface area (Å²) in [4.78, 5) is 12.8. The zero-order valence-corrected chi connectivity index (χ0v) is 10.8. The molecule has 1 aromatic carbocycles. The van der Waals surface area contributed by atoms with Gasteiger partial charge in [-0.15, -0.1) is 0 Å². The van der Waals surface area contributed by atoms with E-state index in [9.17, 15) is 4.79 Å². The third-order valence-corrected chi connectivity index (χ3v) is 2.98. The minimum absolute atomic E-state index is 0.0635. The number of nitrogens with zero attached hydrogens (tertiary/aromatic N) is 2. The topological polar surface area (TPSA) is 32.7 Å². The molecule has 0 spiro atoms. The second-order valence-corrected chi connectivity index (χ2v) is 4.51. The Morgan fingerprint density at radius 3 is 2.31 bits per heavy atom. The van der Waals surface area contributed by atoms with E-state index in [1.807, 2.05) is 38.1 Å². The largest absolute Gasteiger partial charge is 0.338 e. The Labute approximate surface area is 101 Å².